The molecule has 2 aliphatic rings. The number of carbonyl (C=O) groups is 2. The zero-order chi connectivity index (χ0) is 24.8. The van der Waals surface area contributed by atoms with Crippen molar-refractivity contribution in [2.24, 2.45) is 0 Å². The summed E-state index contributed by atoms with van der Waals surface area (Å²) in [7, 11) is 0. The number of rotatable bonds is 9. The molecule has 0 spiro atoms. The Balaban J connectivity index is 1.65. The molecule has 0 unspecified atom stereocenters. The number of ketones is 1. The van der Waals surface area contributed by atoms with E-state index in [0.717, 1.165) is 19.6 Å². The SMILES string of the molecule is C=CCOc1ccc(C(O)=C2C(=O)C(=O)N(CCCN3CCOCC3)[C@H]2c2ccccc2F)cc1. The third kappa shape index (κ3) is 5.44. The van der Waals surface area contributed by atoms with Gasteiger partial charge in [0.2, 0.25) is 0 Å². The predicted molar refractivity (Wildman–Crippen MR) is 129 cm³/mol. The Kier molecular flexibility index (Phi) is 7.94. The Morgan fingerprint density at radius 3 is 2.51 bits per heavy atom. The molecule has 2 saturated heterocycles. The van der Waals surface area contributed by atoms with Crippen molar-refractivity contribution in [2.75, 3.05) is 46.0 Å². The van der Waals surface area contributed by atoms with Gasteiger partial charge in [-0.2, -0.15) is 0 Å². The van der Waals surface area contributed by atoms with Gasteiger partial charge in [-0.1, -0.05) is 30.9 Å². The molecule has 2 aromatic carbocycles. The van der Waals surface area contributed by atoms with Gasteiger partial charge in [0, 0.05) is 37.3 Å². The number of likely N-dealkylation sites (tertiary alicyclic amines) is 1. The fourth-order valence-corrected chi connectivity index (χ4v) is 4.44. The first kappa shape index (κ1) is 24.6. The van der Waals surface area contributed by atoms with Gasteiger partial charge in [-0.3, -0.25) is 14.5 Å². The minimum absolute atomic E-state index is 0.119. The lowest BCUT2D eigenvalue weighted by molar-refractivity contribution is -0.140. The van der Waals surface area contributed by atoms with Crippen LogP contribution in [0.3, 0.4) is 0 Å². The van der Waals surface area contributed by atoms with E-state index in [2.05, 4.69) is 11.5 Å². The van der Waals surface area contributed by atoms with Crippen LogP contribution in [0.4, 0.5) is 4.39 Å². The lowest BCUT2D eigenvalue weighted by Gasteiger charge is -2.29. The number of Topliss-reactive ketones (excluding diaryl/α,β-unsaturated/α-hetero) is 1. The molecule has 2 fully saturated rings. The van der Waals surface area contributed by atoms with Crippen LogP contribution in [0.1, 0.15) is 23.6 Å². The number of halogens is 1. The van der Waals surface area contributed by atoms with Gasteiger partial charge in [0.25, 0.3) is 11.7 Å². The van der Waals surface area contributed by atoms with Crippen molar-refractivity contribution in [1.82, 2.24) is 9.80 Å². The molecule has 2 aliphatic heterocycles. The quantitative estimate of drug-likeness (QED) is 0.256. The highest BCUT2D eigenvalue weighted by molar-refractivity contribution is 6.46. The molecule has 0 saturated carbocycles. The first-order valence-electron chi connectivity index (χ1n) is 11.7. The number of amides is 1. The molecule has 0 bridgehead atoms. The largest absolute Gasteiger partial charge is 0.507 e. The zero-order valence-electron chi connectivity index (χ0n) is 19.5. The minimum Gasteiger partial charge on any atom is -0.507 e. The molecule has 2 heterocycles. The number of aliphatic hydroxyl groups excluding tert-OH is 1. The molecule has 1 N–H and O–H groups in total. The Bertz CT molecular complexity index is 1110. The molecule has 1 atom stereocenters. The Hall–Kier alpha value is -3.49. The smallest absolute Gasteiger partial charge is 0.295 e. The fraction of sp³-hybridized carbons (Fsp3) is 0.333. The summed E-state index contributed by atoms with van der Waals surface area (Å²) in [5.74, 6) is -1.89. The van der Waals surface area contributed by atoms with E-state index in [0.29, 0.717) is 37.6 Å². The number of nitrogens with zero attached hydrogens (tertiary/aromatic N) is 2. The van der Waals surface area contributed by atoms with Crippen molar-refractivity contribution in [1.29, 1.82) is 0 Å². The van der Waals surface area contributed by atoms with Gasteiger partial charge >= 0.3 is 0 Å². The molecular weight excluding hydrogens is 451 g/mol. The Morgan fingerprint density at radius 2 is 1.83 bits per heavy atom. The highest BCUT2D eigenvalue weighted by Gasteiger charge is 2.46. The number of aliphatic hydroxyl groups is 1. The van der Waals surface area contributed by atoms with Crippen molar-refractivity contribution in [3.05, 3.63) is 83.7 Å². The number of carbonyl (C=O) groups excluding carboxylic acids is 2. The van der Waals surface area contributed by atoms with Crippen LogP contribution in [-0.2, 0) is 14.3 Å². The predicted octanol–water partition coefficient (Wildman–Crippen LogP) is 3.53. The van der Waals surface area contributed by atoms with Crippen LogP contribution in [0, 0.1) is 5.82 Å². The summed E-state index contributed by atoms with van der Waals surface area (Å²) >= 11 is 0. The van der Waals surface area contributed by atoms with Crippen LogP contribution in [0.2, 0.25) is 0 Å². The van der Waals surface area contributed by atoms with E-state index in [-0.39, 0.29) is 23.4 Å². The first-order chi connectivity index (χ1) is 17.0. The second-order valence-corrected chi connectivity index (χ2v) is 8.45. The number of hydrogen-bond donors (Lipinski definition) is 1. The summed E-state index contributed by atoms with van der Waals surface area (Å²) < 4.78 is 25.7. The number of hydrogen-bond acceptors (Lipinski definition) is 6. The molecule has 4 rings (SSSR count). The highest BCUT2D eigenvalue weighted by Crippen LogP contribution is 2.40. The van der Waals surface area contributed by atoms with E-state index < -0.39 is 23.5 Å². The lowest BCUT2D eigenvalue weighted by Crippen LogP contribution is -2.39. The van der Waals surface area contributed by atoms with E-state index in [1.165, 1.54) is 11.0 Å². The average molecular weight is 481 g/mol. The van der Waals surface area contributed by atoms with Crippen molar-refractivity contribution < 1.29 is 28.6 Å². The third-order valence-electron chi connectivity index (χ3n) is 6.21. The highest BCUT2D eigenvalue weighted by atomic mass is 19.1. The third-order valence-corrected chi connectivity index (χ3v) is 6.21. The van der Waals surface area contributed by atoms with Crippen molar-refractivity contribution >= 4 is 17.4 Å². The Morgan fingerprint density at radius 1 is 1.11 bits per heavy atom. The van der Waals surface area contributed by atoms with Crippen LogP contribution in [-0.4, -0.2) is 72.6 Å². The van der Waals surface area contributed by atoms with Gasteiger partial charge in [-0.05, 0) is 36.8 Å². The van der Waals surface area contributed by atoms with Gasteiger partial charge in [-0.25, -0.2) is 4.39 Å². The molecule has 1 amide bonds. The van der Waals surface area contributed by atoms with Crippen molar-refractivity contribution in [2.45, 2.75) is 12.5 Å². The maximum atomic E-state index is 14.9. The van der Waals surface area contributed by atoms with Crippen LogP contribution in [0.5, 0.6) is 5.75 Å². The summed E-state index contributed by atoms with van der Waals surface area (Å²) in [5.41, 5.74) is 0.389. The van der Waals surface area contributed by atoms with Gasteiger partial charge < -0.3 is 19.5 Å². The van der Waals surface area contributed by atoms with Gasteiger partial charge in [0.1, 0.15) is 23.9 Å². The molecule has 7 nitrogen and oxygen atoms in total. The first-order valence-corrected chi connectivity index (χ1v) is 11.7. The van der Waals surface area contributed by atoms with Crippen LogP contribution in [0.15, 0.2) is 66.8 Å². The number of ether oxygens (including phenoxy) is 2. The monoisotopic (exact) mass is 480 g/mol. The van der Waals surface area contributed by atoms with E-state index in [9.17, 15) is 19.1 Å². The summed E-state index contributed by atoms with van der Waals surface area (Å²) in [6.07, 6.45) is 2.22. The molecular formula is C27H29FN2O5. The Labute approximate surface area is 204 Å². The van der Waals surface area contributed by atoms with E-state index >= 15 is 0 Å². The summed E-state index contributed by atoms with van der Waals surface area (Å²) in [4.78, 5) is 29.8. The summed E-state index contributed by atoms with van der Waals surface area (Å²) in [6, 6.07) is 11.5. The van der Waals surface area contributed by atoms with Gasteiger partial charge in [0.05, 0.1) is 24.8 Å². The van der Waals surface area contributed by atoms with Crippen LogP contribution < -0.4 is 4.74 Å². The molecule has 0 aromatic heterocycles. The maximum Gasteiger partial charge on any atom is 0.295 e. The number of morpholine rings is 1. The summed E-state index contributed by atoms with van der Waals surface area (Å²) in [6.45, 7) is 7.85. The van der Waals surface area contributed by atoms with Crippen molar-refractivity contribution in [3.63, 3.8) is 0 Å². The van der Waals surface area contributed by atoms with Crippen LogP contribution >= 0.6 is 0 Å². The normalized spacial score (nSPS) is 20.3. The van der Waals surface area contributed by atoms with E-state index in [4.69, 9.17) is 9.47 Å². The lowest BCUT2D eigenvalue weighted by atomic mass is 9.95. The molecule has 0 radical (unpaired) electrons. The molecule has 8 heteroatoms. The van der Waals surface area contributed by atoms with Crippen molar-refractivity contribution in [3.8, 4) is 5.75 Å². The van der Waals surface area contributed by atoms with Gasteiger partial charge in [-0.15, -0.1) is 0 Å². The average Bonchev–Trinajstić information content (AvgIpc) is 3.13. The van der Waals surface area contributed by atoms with E-state index in [1.54, 1.807) is 48.5 Å². The summed E-state index contributed by atoms with van der Waals surface area (Å²) in [5, 5.41) is 11.1. The van der Waals surface area contributed by atoms with Gasteiger partial charge in [0.15, 0.2) is 0 Å². The second kappa shape index (κ2) is 11.3. The number of benzene rings is 2. The zero-order valence-corrected chi connectivity index (χ0v) is 19.5. The van der Waals surface area contributed by atoms with E-state index in [1.807, 2.05) is 0 Å². The van der Waals surface area contributed by atoms with Crippen LogP contribution in [0.25, 0.3) is 5.76 Å². The molecule has 184 valence electrons. The second-order valence-electron chi connectivity index (χ2n) is 8.45. The maximum absolute atomic E-state index is 14.9. The fourth-order valence-electron chi connectivity index (χ4n) is 4.44. The minimum atomic E-state index is -1.02. The topological polar surface area (TPSA) is 79.3 Å². The molecule has 0 aliphatic carbocycles. The molecule has 2 aromatic rings. The molecule has 35 heavy (non-hydrogen) atoms. The standard InChI is InChI=1S/C27H29FN2O5/c1-2-16-35-20-10-8-19(9-11-20)25(31)23-24(21-6-3-4-7-22(21)28)30(27(33)26(23)32)13-5-12-29-14-17-34-18-15-29/h2-4,6-11,24,31H,1,5,12-18H2/t24-/m0/s1.